The fourth-order valence-electron chi connectivity index (χ4n) is 3.21. The molecule has 25 heavy (non-hydrogen) atoms. The van der Waals surface area contributed by atoms with Crippen molar-refractivity contribution in [1.29, 1.82) is 0 Å². The highest BCUT2D eigenvalue weighted by molar-refractivity contribution is 5.92. The van der Waals surface area contributed by atoms with Gasteiger partial charge in [-0.2, -0.15) is 0 Å². The van der Waals surface area contributed by atoms with Crippen molar-refractivity contribution in [1.82, 2.24) is 20.0 Å². The lowest BCUT2D eigenvalue weighted by Gasteiger charge is -2.41. The second kappa shape index (κ2) is 8.07. The molecule has 1 aromatic carbocycles. The van der Waals surface area contributed by atoms with Gasteiger partial charge >= 0.3 is 0 Å². The number of rotatable bonds is 5. The van der Waals surface area contributed by atoms with Crippen molar-refractivity contribution in [2.45, 2.75) is 25.9 Å². The minimum Gasteiger partial charge on any atom is -0.480 e. The zero-order valence-electron chi connectivity index (χ0n) is 14.8. The van der Waals surface area contributed by atoms with Gasteiger partial charge in [0, 0.05) is 38.3 Å². The van der Waals surface area contributed by atoms with Crippen molar-refractivity contribution in [3.8, 4) is 5.88 Å². The Balaban J connectivity index is 1.65. The molecular weight excluding hydrogens is 316 g/mol. The average Bonchev–Trinajstić information content (AvgIpc) is 2.68. The third-order valence-electron chi connectivity index (χ3n) is 4.62. The molecule has 1 unspecified atom stereocenters. The first kappa shape index (κ1) is 17.4. The van der Waals surface area contributed by atoms with E-state index >= 15 is 0 Å². The van der Waals surface area contributed by atoms with Gasteiger partial charge in [0.25, 0.3) is 5.91 Å². The van der Waals surface area contributed by atoms with Crippen LogP contribution in [0.1, 0.15) is 29.4 Å². The molecule has 1 saturated heterocycles. The summed E-state index contributed by atoms with van der Waals surface area (Å²) in [6.45, 7) is 5.48. The Morgan fingerprint density at radius 1 is 1.16 bits per heavy atom. The predicted octanol–water partition coefficient (Wildman–Crippen LogP) is 2.22. The summed E-state index contributed by atoms with van der Waals surface area (Å²) in [5.74, 6) is 0.359. The monoisotopic (exact) mass is 340 g/mol. The number of methoxy groups -OCH3 is 1. The minimum atomic E-state index is -0.0543. The van der Waals surface area contributed by atoms with Crippen LogP contribution in [0, 0.1) is 0 Å². The Morgan fingerprint density at radius 2 is 1.96 bits per heavy atom. The highest BCUT2D eigenvalue weighted by Crippen LogP contribution is 2.18. The maximum Gasteiger partial charge on any atom is 0.274 e. The van der Waals surface area contributed by atoms with E-state index in [2.05, 4.69) is 46.3 Å². The third-order valence-corrected chi connectivity index (χ3v) is 4.62. The number of carbonyl (C=O) groups excluding carboxylic acids is 1. The van der Waals surface area contributed by atoms with Crippen molar-refractivity contribution < 1.29 is 9.53 Å². The number of piperazine rings is 1. The summed E-state index contributed by atoms with van der Waals surface area (Å²) < 4.78 is 5.00. The normalized spacial score (nSPS) is 18.2. The second-order valence-electron chi connectivity index (χ2n) is 6.24. The molecule has 3 rings (SSSR count). The molecule has 0 aliphatic carbocycles. The molecule has 0 saturated carbocycles. The van der Waals surface area contributed by atoms with Crippen LogP contribution in [0.3, 0.4) is 0 Å². The first-order valence-electron chi connectivity index (χ1n) is 8.66. The third kappa shape index (κ3) is 4.14. The van der Waals surface area contributed by atoms with Gasteiger partial charge in [0.2, 0.25) is 5.88 Å². The Morgan fingerprint density at radius 3 is 2.60 bits per heavy atom. The Labute approximate surface area is 148 Å². The van der Waals surface area contributed by atoms with Crippen LogP contribution < -0.4 is 4.74 Å². The molecule has 2 aromatic rings. The lowest BCUT2D eigenvalue weighted by Crippen LogP contribution is -2.54. The number of hydrogen-bond donors (Lipinski definition) is 0. The van der Waals surface area contributed by atoms with Gasteiger partial charge in [-0.05, 0) is 18.1 Å². The van der Waals surface area contributed by atoms with Gasteiger partial charge in [-0.15, -0.1) is 10.2 Å². The van der Waals surface area contributed by atoms with Crippen molar-refractivity contribution in [2.24, 2.45) is 0 Å². The maximum atomic E-state index is 12.8. The molecular formula is C19H24N4O2. The molecule has 2 heterocycles. The fraction of sp³-hybridized carbons (Fsp3) is 0.421. The molecule has 1 atom stereocenters. The number of benzene rings is 1. The molecule has 6 nitrogen and oxygen atoms in total. The number of hydrogen-bond acceptors (Lipinski definition) is 5. The first-order chi connectivity index (χ1) is 12.2. The molecule has 1 aliphatic heterocycles. The van der Waals surface area contributed by atoms with E-state index in [-0.39, 0.29) is 11.9 Å². The van der Waals surface area contributed by atoms with Crippen molar-refractivity contribution in [3.63, 3.8) is 0 Å². The average molecular weight is 340 g/mol. The quantitative estimate of drug-likeness (QED) is 0.835. The van der Waals surface area contributed by atoms with Crippen molar-refractivity contribution in [2.75, 3.05) is 26.7 Å². The molecule has 0 spiro atoms. The van der Waals surface area contributed by atoms with Crippen molar-refractivity contribution in [3.05, 3.63) is 53.7 Å². The van der Waals surface area contributed by atoms with Crippen LogP contribution in [0.25, 0.3) is 0 Å². The molecule has 1 aliphatic rings. The van der Waals surface area contributed by atoms with Gasteiger partial charge < -0.3 is 9.64 Å². The smallest absolute Gasteiger partial charge is 0.274 e. The highest BCUT2D eigenvalue weighted by atomic mass is 16.5. The van der Waals surface area contributed by atoms with Gasteiger partial charge in [-0.25, -0.2) is 0 Å². The van der Waals surface area contributed by atoms with E-state index in [0.717, 1.165) is 26.1 Å². The number of aromatic nitrogens is 2. The van der Waals surface area contributed by atoms with Gasteiger partial charge in [-0.1, -0.05) is 37.3 Å². The largest absolute Gasteiger partial charge is 0.480 e. The number of nitrogens with zero attached hydrogens (tertiary/aromatic N) is 4. The van der Waals surface area contributed by atoms with Crippen LogP contribution in [0.2, 0.25) is 0 Å². The van der Waals surface area contributed by atoms with Crippen LogP contribution in [0.5, 0.6) is 5.88 Å². The van der Waals surface area contributed by atoms with Crippen LogP contribution in [0.4, 0.5) is 0 Å². The lowest BCUT2D eigenvalue weighted by molar-refractivity contribution is 0.0423. The number of carbonyl (C=O) groups is 1. The molecule has 1 aromatic heterocycles. The van der Waals surface area contributed by atoms with E-state index in [0.29, 0.717) is 18.1 Å². The minimum absolute atomic E-state index is 0.0543. The summed E-state index contributed by atoms with van der Waals surface area (Å²) >= 11 is 0. The molecule has 0 bridgehead atoms. The number of amides is 1. The number of ether oxygens (including phenoxy) is 1. The van der Waals surface area contributed by atoms with Gasteiger partial charge in [0.1, 0.15) is 0 Å². The summed E-state index contributed by atoms with van der Waals surface area (Å²) in [7, 11) is 1.53. The van der Waals surface area contributed by atoms with E-state index in [9.17, 15) is 4.79 Å². The Hall–Kier alpha value is -2.47. The van der Waals surface area contributed by atoms with Gasteiger partial charge in [0.15, 0.2) is 5.69 Å². The standard InChI is InChI=1S/C19H24N4O2/c1-3-16-14-22(13-15-7-5-4-6-8-15)11-12-23(16)19(24)17-9-10-18(25-2)21-20-17/h4-10,16H,3,11-14H2,1-2H3. The van der Waals surface area contributed by atoms with Crippen LogP contribution >= 0.6 is 0 Å². The van der Waals surface area contributed by atoms with E-state index in [1.807, 2.05) is 11.0 Å². The Bertz CT molecular complexity index is 690. The molecule has 0 N–H and O–H groups in total. The molecule has 1 fully saturated rings. The van der Waals surface area contributed by atoms with E-state index in [4.69, 9.17) is 4.74 Å². The van der Waals surface area contributed by atoms with Crippen LogP contribution in [-0.2, 0) is 6.54 Å². The Kier molecular flexibility index (Phi) is 5.60. The highest BCUT2D eigenvalue weighted by Gasteiger charge is 2.30. The second-order valence-corrected chi connectivity index (χ2v) is 6.24. The van der Waals surface area contributed by atoms with E-state index in [1.165, 1.54) is 12.7 Å². The summed E-state index contributed by atoms with van der Waals surface area (Å²) in [6.07, 6.45) is 0.917. The first-order valence-corrected chi connectivity index (χ1v) is 8.66. The topological polar surface area (TPSA) is 58.6 Å². The van der Waals surface area contributed by atoms with Crippen molar-refractivity contribution >= 4 is 5.91 Å². The zero-order chi connectivity index (χ0) is 17.6. The summed E-state index contributed by atoms with van der Waals surface area (Å²) in [5, 5.41) is 7.90. The summed E-state index contributed by atoms with van der Waals surface area (Å²) in [5.41, 5.74) is 1.67. The zero-order valence-corrected chi connectivity index (χ0v) is 14.8. The summed E-state index contributed by atoms with van der Waals surface area (Å²) in [6, 6.07) is 14.0. The van der Waals surface area contributed by atoms with Crippen LogP contribution in [0.15, 0.2) is 42.5 Å². The predicted molar refractivity (Wildman–Crippen MR) is 95.4 cm³/mol. The molecule has 132 valence electrons. The molecule has 0 radical (unpaired) electrons. The summed E-state index contributed by atoms with van der Waals surface area (Å²) in [4.78, 5) is 17.1. The van der Waals surface area contributed by atoms with E-state index < -0.39 is 0 Å². The SMILES string of the molecule is CCC1CN(Cc2ccccc2)CCN1C(=O)c1ccc(OC)nn1. The lowest BCUT2D eigenvalue weighted by atomic mass is 10.1. The van der Waals surface area contributed by atoms with E-state index in [1.54, 1.807) is 12.1 Å². The fourth-order valence-corrected chi connectivity index (χ4v) is 3.21. The van der Waals surface area contributed by atoms with Gasteiger partial charge in [-0.3, -0.25) is 9.69 Å². The molecule has 1 amide bonds. The van der Waals surface area contributed by atoms with Gasteiger partial charge in [0.05, 0.1) is 7.11 Å². The van der Waals surface area contributed by atoms with Crippen LogP contribution in [-0.4, -0.2) is 58.7 Å². The molecule has 6 heteroatoms. The maximum absolute atomic E-state index is 12.8.